The van der Waals surface area contributed by atoms with Crippen LogP contribution in [-0.2, 0) is 13.2 Å². The lowest BCUT2D eigenvalue weighted by atomic mass is 10.3. The molecule has 0 radical (unpaired) electrons. The summed E-state index contributed by atoms with van der Waals surface area (Å²) in [6.07, 6.45) is 3.82. The summed E-state index contributed by atoms with van der Waals surface area (Å²) in [5.41, 5.74) is 0.949. The van der Waals surface area contributed by atoms with E-state index in [4.69, 9.17) is 4.74 Å². The Morgan fingerprint density at radius 1 is 1.31 bits per heavy atom. The lowest BCUT2D eigenvalue weighted by molar-refractivity contribution is 0.301. The summed E-state index contributed by atoms with van der Waals surface area (Å²) in [6, 6.07) is 7.78. The number of hydrogen-bond acceptors (Lipinski definition) is 2. The molecule has 0 atom stereocenters. The zero-order valence-electron chi connectivity index (χ0n) is 9.06. The molecule has 0 unspecified atom stereocenters. The van der Waals surface area contributed by atoms with Crippen LogP contribution in [-0.4, -0.2) is 9.55 Å². The maximum absolute atomic E-state index is 5.61. The van der Waals surface area contributed by atoms with Gasteiger partial charge in [-0.15, -0.1) is 0 Å². The Morgan fingerprint density at radius 3 is 2.69 bits per heavy atom. The van der Waals surface area contributed by atoms with Crippen LogP contribution in [0.15, 0.2) is 41.3 Å². The predicted molar refractivity (Wildman–Crippen MR) is 66.4 cm³/mol. The molecule has 0 aliphatic carbocycles. The Kier molecular flexibility index (Phi) is 3.62. The van der Waals surface area contributed by atoms with Gasteiger partial charge in [-0.2, -0.15) is 0 Å². The van der Waals surface area contributed by atoms with E-state index in [1.54, 1.807) is 0 Å². The standard InChI is InChI=1S/C12H13BrN2O/c1-2-15-7-11(14-9-15)8-16-12-5-3-10(13)4-6-12/h3-7,9H,2,8H2,1H3. The summed E-state index contributed by atoms with van der Waals surface area (Å²) < 4.78 is 8.69. The number of rotatable bonds is 4. The fourth-order valence-electron chi connectivity index (χ4n) is 1.34. The van der Waals surface area contributed by atoms with Gasteiger partial charge in [0.2, 0.25) is 0 Å². The number of hydrogen-bond donors (Lipinski definition) is 0. The molecule has 0 saturated heterocycles. The molecule has 0 spiro atoms. The summed E-state index contributed by atoms with van der Waals surface area (Å²) in [5, 5.41) is 0. The van der Waals surface area contributed by atoms with Gasteiger partial charge in [0.15, 0.2) is 0 Å². The second kappa shape index (κ2) is 5.16. The van der Waals surface area contributed by atoms with Gasteiger partial charge in [-0.05, 0) is 31.2 Å². The van der Waals surface area contributed by atoms with E-state index < -0.39 is 0 Å². The molecule has 0 fully saturated rings. The highest BCUT2D eigenvalue weighted by Gasteiger charge is 1.99. The van der Waals surface area contributed by atoms with Gasteiger partial charge >= 0.3 is 0 Å². The summed E-state index contributed by atoms with van der Waals surface area (Å²) >= 11 is 3.38. The van der Waals surface area contributed by atoms with Crippen LogP contribution in [0.4, 0.5) is 0 Å². The topological polar surface area (TPSA) is 27.1 Å². The maximum atomic E-state index is 5.61. The van der Waals surface area contributed by atoms with E-state index in [0.29, 0.717) is 6.61 Å². The first kappa shape index (κ1) is 11.2. The quantitative estimate of drug-likeness (QED) is 0.860. The van der Waals surface area contributed by atoms with Gasteiger partial charge in [-0.3, -0.25) is 0 Å². The van der Waals surface area contributed by atoms with Crippen LogP contribution >= 0.6 is 15.9 Å². The Hall–Kier alpha value is -1.29. The van der Waals surface area contributed by atoms with Crippen LogP contribution in [0.1, 0.15) is 12.6 Å². The molecule has 1 heterocycles. The molecule has 2 rings (SSSR count). The van der Waals surface area contributed by atoms with Crippen molar-refractivity contribution in [3.63, 3.8) is 0 Å². The van der Waals surface area contributed by atoms with Crippen molar-refractivity contribution in [2.24, 2.45) is 0 Å². The minimum atomic E-state index is 0.509. The first-order valence-electron chi connectivity index (χ1n) is 5.17. The second-order valence-electron chi connectivity index (χ2n) is 3.44. The van der Waals surface area contributed by atoms with E-state index in [9.17, 15) is 0 Å². The van der Waals surface area contributed by atoms with E-state index in [-0.39, 0.29) is 0 Å². The SMILES string of the molecule is CCn1cnc(COc2ccc(Br)cc2)c1. The van der Waals surface area contributed by atoms with E-state index in [0.717, 1.165) is 22.5 Å². The molecule has 0 amide bonds. The largest absolute Gasteiger partial charge is 0.487 e. The van der Waals surface area contributed by atoms with Crippen LogP contribution in [0.25, 0.3) is 0 Å². The average molecular weight is 281 g/mol. The van der Waals surface area contributed by atoms with E-state index in [1.807, 2.05) is 41.4 Å². The number of ether oxygens (including phenoxy) is 1. The van der Waals surface area contributed by atoms with Crippen LogP contribution < -0.4 is 4.74 Å². The molecule has 0 bridgehead atoms. The Morgan fingerprint density at radius 2 is 2.06 bits per heavy atom. The Labute approximate surface area is 103 Å². The number of imidazole rings is 1. The van der Waals surface area contributed by atoms with Gasteiger partial charge < -0.3 is 9.30 Å². The van der Waals surface area contributed by atoms with Crippen LogP contribution in [0.3, 0.4) is 0 Å². The summed E-state index contributed by atoms with van der Waals surface area (Å²) in [4.78, 5) is 4.25. The average Bonchev–Trinajstić information content (AvgIpc) is 2.76. The van der Waals surface area contributed by atoms with Crippen molar-refractivity contribution in [2.45, 2.75) is 20.1 Å². The molecular weight excluding hydrogens is 268 g/mol. The molecule has 1 aromatic carbocycles. The molecule has 0 saturated carbocycles. The fourth-order valence-corrected chi connectivity index (χ4v) is 1.61. The maximum Gasteiger partial charge on any atom is 0.132 e. The third-order valence-corrected chi connectivity index (χ3v) is 2.78. The summed E-state index contributed by atoms with van der Waals surface area (Å²) in [7, 11) is 0. The van der Waals surface area contributed by atoms with Crippen molar-refractivity contribution in [3.05, 3.63) is 47.0 Å². The van der Waals surface area contributed by atoms with Gasteiger partial charge in [0.05, 0.1) is 12.0 Å². The highest BCUT2D eigenvalue weighted by Crippen LogP contribution is 2.16. The number of aromatic nitrogens is 2. The van der Waals surface area contributed by atoms with Crippen molar-refractivity contribution in [1.29, 1.82) is 0 Å². The van der Waals surface area contributed by atoms with Gasteiger partial charge in [0.1, 0.15) is 12.4 Å². The van der Waals surface area contributed by atoms with E-state index in [2.05, 4.69) is 27.8 Å². The smallest absolute Gasteiger partial charge is 0.132 e. The zero-order chi connectivity index (χ0) is 11.4. The third kappa shape index (κ3) is 2.85. The van der Waals surface area contributed by atoms with Gasteiger partial charge in [-0.25, -0.2) is 4.98 Å². The van der Waals surface area contributed by atoms with Crippen LogP contribution in [0.2, 0.25) is 0 Å². The van der Waals surface area contributed by atoms with Gasteiger partial charge in [-0.1, -0.05) is 15.9 Å². The highest BCUT2D eigenvalue weighted by atomic mass is 79.9. The fraction of sp³-hybridized carbons (Fsp3) is 0.250. The first-order valence-corrected chi connectivity index (χ1v) is 5.96. The number of benzene rings is 1. The molecule has 1 aromatic heterocycles. The normalized spacial score (nSPS) is 10.4. The monoisotopic (exact) mass is 280 g/mol. The third-order valence-electron chi connectivity index (χ3n) is 2.25. The Bertz CT molecular complexity index is 450. The molecule has 0 aliphatic heterocycles. The minimum Gasteiger partial charge on any atom is -0.487 e. The van der Waals surface area contributed by atoms with Crippen molar-refractivity contribution in [2.75, 3.05) is 0 Å². The number of aryl methyl sites for hydroxylation is 1. The molecule has 3 nitrogen and oxygen atoms in total. The molecule has 84 valence electrons. The van der Waals surface area contributed by atoms with Crippen molar-refractivity contribution in [3.8, 4) is 5.75 Å². The minimum absolute atomic E-state index is 0.509. The lowest BCUT2D eigenvalue weighted by Gasteiger charge is -2.03. The molecule has 0 N–H and O–H groups in total. The summed E-state index contributed by atoms with van der Waals surface area (Å²) in [6.45, 7) is 3.53. The van der Waals surface area contributed by atoms with Crippen molar-refractivity contribution >= 4 is 15.9 Å². The molecule has 16 heavy (non-hydrogen) atoms. The van der Waals surface area contributed by atoms with Gasteiger partial charge in [0.25, 0.3) is 0 Å². The summed E-state index contributed by atoms with van der Waals surface area (Å²) in [5.74, 6) is 0.856. The number of nitrogens with zero attached hydrogens (tertiary/aromatic N) is 2. The van der Waals surface area contributed by atoms with Crippen molar-refractivity contribution in [1.82, 2.24) is 9.55 Å². The molecule has 0 aliphatic rings. The molecular formula is C12H13BrN2O. The second-order valence-corrected chi connectivity index (χ2v) is 4.35. The van der Waals surface area contributed by atoms with Crippen LogP contribution in [0, 0.1) is 0 Å². The molecule has 2 aromatic rings. The van der Waals surface area contributed by atoms with E-state index in [1.165, 1.54) is 0 Å². The predicted octanol–water partition coefficient (Wildman–Crippen LogP) is 3.24. The highest BCUT2D eigenvalue weighted by molar-refractivity contribution is 9.10. The zero-order valence-corrected chi connectivity index (χ0v) is 10.6. The lowest BCUT2D eigenvalue weighted by Crippen LogP contribution is -1.95. The van der Waals surface area contributed by atoms with Gasteiger partial charge in [0, 0.05) is 17.2 Å². The Balaban J connectivity index is 1.94. The number of halogens is 1. The first-order chi connectivity index (χ1) is 7.78. The molecule has 4 heteroatoms. The van der Waals surface area contributed by atoms with Crippen LogP contribution in [0.5, 0.6) is 5.75 Å². The van der Waals surface area contributed by atoms with Crippen molar-refractivity contribution < 1.29 is 4.74 Å². The van der Waals surface area contributed by atoms with E-state index >= 15 is 0 Å².